The third kappa shape index (κ3) is 4.26. The number of furan rings is 1. The number of rotatable bonds is 5. The van der Waals surface area contributed by atoms with Crippen molar-refractivity contribution in [2.75, 3.05) is 6.54 Å². The molecule has 2 amide bonds. The Morgan fingerprint density at radius 2 is 2.05 bits per heavy atom. The maximum Gasteiger partial charge on any atom is 0.309 e. The highest BCUT2D eigenvalue weighted by Gasteiger charge is 2.12. The van der Waals surface area contributed by atoms with E-state index in [0.717, 1.165) is 10.4 Å². The molecule has 0 atom stereocenters. The van der Waals surface area contributed by atoms with Gasteiger partial charge < -0.3 is 15.1 Å². The molecule has 0 saturated carbocycles. The fourth-order valence-corrected chi connectivity index (χ4v) is 2.14. The average Bonchev–Trinajstić information content (AvgIpc) is 3.08. The minimum Gasteiger partial charge on any atom is -0.472 e. The Morgan fingerprint density at radius 3 is 2.74 bits per heavy atom. The molecular formula is C13H14N2O3S. The molecule has 0 radical (unpaired) electrons. The molecule has 0 aliphatic carbocycles. The maximum atomic E-state index is 11.5. The van der Waals surface area contributed by atoms with E-state index < -0.39 is 11.8 Å². The van der Waals surface area contributed by atoms with E-state index in [9.17, 15) is 9.59 Å². The lowest BCUT2D eigenvalue weighted by Gasteiger charge is -2.04. The number of hydrogen-bond donors (Lipinski definition) is 2. The van der Waals surface area contributed by atoms with Crippen LogP contribution in [0.25, 0.3) is 0 Å². The number of carbonyl (C=O) groups is 2. The first-order valence-corrected chi connectivity index (χ1v) is 6.73. The molecule has 19 heavy (non-hydrogen) atoms. The Bertz CT molecular complexity index is 520. The predicted octanol–water partition coefficient (Wildman–Crippen LogP) is 1.32. The first kappa shape index (κ1) is 13.4. The van der Waals surface area contributed by atoms with Gasteiger partial charge in [0.15, 0.2) is 0 Å². The van der Waals surface area contributed by atoms with Crippen LogP contribution < -0.4 is 10.6 Å². The van der Waals surface area contributed by atoms with Gasteiger partial charge in [0.2, 0.25) is 0 Å². The molecule has 0 aromatic carbocycles. The summed E-state index contributed by atoms with van der Waals surface area (Å²) in [5.74, 6) is -1.22. The average molecular weight is 278 g/mol. The first-order chi connectivity index (χ1) is 9.25. The van der Waals surface area contributed by atoms with Crippen molar-refractivity contribution in [1.29, 1.82) is 0 Å². The van der Waals surface area contributed by atoms with Crippen molar-refractivity contribution in [2.24, 2.45) is 0 Å². The van der Waals surface area contributed by atoms with Gasteiger partial charge in [-0.05, 0) is 29.5 Å². The van der Waals surface area contributed by atoms with Crippen LogP contribution in [0.3, 0.4) is 0 Å². The molecule has 2 heterocycles. The molecule has 6 heteroatoms. The molecule has 2 N–H and O–H groups in total. The summed E-state index contributed by atoms with van der Waals surface area (Å²) in [6, 6.07) is 5.63. The van der Waals surface area contributed by atoms with Crippen molar-refractivity contribution in [3.05, 3.63) is 46.5 Å². The molecule has 0 spiro atoms. The van der Waals surface area contributed by atoms with E-state index in [1.165, 1.54) is 11.3 Å². The number of carbonyl (C=O) groups excluding carboxylic acids is 2. The SMILES string of the molecule is O=C(NCCc1ccoc1)C(=O)NCc1cccs1. The highest BCUT2D eigenvalue weighted by Crippen LogP contribution is 2.07. The van der Waals surface area contributed by atoms with Gasteiger partial charge >= 0.3 is 11.8 Å². The highest BCUT2D eigenvalue weighted by atomic mass is 32.1. The largest absolute Gasteiger partial charge is 0.472 e. The fraction of sp³-hybridized carbons (Fsp3) is 0.231. The minimum absolute atomic E-state index is 0.381. The van der Waals surface area contributed by atoms with Gasteiger partial charge in [-0.25, -0.2) is 0 Å². The van der Waals surface area contributed by atoms with Crippen molar-refractivity contribution < 1.29 is 14.0 Å². The van der Waals surface area contributed by atoms with E-state index in [2.05, 4.69) is 10.6 Å². The predicted molar refractivity (Wildman–Crippen MR) is 71.6 cm³/mol. The molecule has 0 saturated heterocycles. The Hall–Kier alpha value is -2.08. The van der Waals surface area contributed by atoms with Gasteiger partial charge in [0.1, 0.15) is 0 Å². The van der Waals surface area contributed by atoms with Crippen LogP contribution in [0.5, 0.6) is 0 Å². The van der Waals surface area contributed by atoms with E-state index in [1.807, 2.05) is 23.6 Å². The molecule has 0 bridgehead atoms. The van der Waals surface area contributed by atoms with E-state index in [0.29, 0.717) is 19.5 Å². The zero-order chi connectivity index (χ0) is 13.5. The van der Waals surface area contributed by atoms with E-state index in [-0.39, 0.29) is 0 Å². The van der Waals surface area contributed by atoms with Gasteiger partial charge in [-0.1, -0.05) is 6.07 Å². The third-order valence-corrected chi connectivity index (χ3v) is 3.37. The second-order valence-electron chi connectivity index (χ2n) is 3.90. The van der Waals surface area contributed by atoms with Gasteiger partial charge in [-0.2, -0.15) is 0 Å². The number of thiophene rings is 1. The Morgan fingerprint density at radius 1 is 1.21 bits per heavy atom. The summed E-state index contributed by atoms with van der Waals surface area (Å²) in [5.41, 5.74) is 0.985. The topological polar surface area (TPSA) is 71.3 Å². The zero-order valence-electron chi connectivity index (χ0n) is 10.2. The van der Waals surface area contributed by atoms with Crippen molar-refractivity contribution in [3.8, 4) is 0 Å². The molecule has 2 aromatic heterocycles. The number of hydrogen-bond acceptors (Lipinski definition) is 4. The summed E-state index contributed by atoms with van der Waals surface area (Å²) in [6.45, 7) is 0.788. The van der Waals surface area contributed by atoms with Gasteiger partial charge in [-0.15, -0.1) is 11.3 Å². The van der Waals surface area contributed by atoms with Crippen molar-refractivity contribution in [2.45, 2.75) is 13.0 Å². The standard InChI is InChI=1S/C13H14N2O3S/c16-12(14-5-3-10-4-6-18-9-10)13(17)15-8-11-2-1-7-19-11/h1-2,4,6-7,9H,3,5,8H2,(H,14,16)(H,15,17). The molecule has 2 rings (SSSR count). The maximum absolute atomic E-state index is 11.5. The molecule has 2 aromatic rings. The summed E-state index contributed by atoms with van der Waals surface area (Å²) >= 11 is 1.54. The molecule has 0 aliphatic heterocycles. The summed E-state index contributed by atoms with van der Waals surface area (Å²) in [4.78, 5) is 24.0. The minimum atomic E-state index is -0.611. The summed E-state index contributed by atoms with van der Waals surface area (Å²) in [6.07, 6.45) is 3.83. The molecule has 0 fully saturated rings. The van der Waals surface area contributed by atoms with Gasteiger partial charge in [0.05, 0.1) is 19.1 Å². The molecule has 100 valence electrons. The van der Waals surface area contributed by atoms with Crippen LogP contribution in [-0.2, 0) is 22.6 Å². The third-order valence-electron chi connectivity index (χ3n) is 2.49. The van der Waals surface area contributed by atoms with E-state index >= 15 is 0 Å². The van der Waals surface area contributed by atoms with Crippen LogP contribution in [0.4, 0.5) is 0 Å². The van der Waals surface area contributed by atoms with Crippen molar-refractivity contribution in [3.63, 3.8) is 0 Å². The van der Waals surface area contributed by atoms with Gasteiger partial charge in [0.25, 0.3) is 0 Å². The molecule has 5 nitrogen and oxygen atoms in total. The summed E-state index contributed by atoms with van der Waals surface area (Å²) in [7, 11) is 0. The van der Waals surface area contributed by atoms with Crippen LogP contribution in [0.1, 0.15) is 10.4 Å². The molecule has 0 unspecified atom stereocenters. The smallest absolute Gasteiger partial charge is 0.309 e. The Balaban J connectivity index is 1.66. The highest BCUT2D eigenvalue weighted by molar-refractivity contribution is 7.09. The van der Waals surface area contributed by atoms with Crippen LogP contribution in [-0.4, -0.2) is 18.4 Å². The molecular weight excluding hydrogens is 264 g/mol. The lowest BCUT2D eigenvalue weighted by Crippen LogP contribution is -2.40. The zero-order valence-corrected chi connectivity index (χ0v) is 11.0. The lowest BCUT2D eigenvalue weighted by atomic mass is 10.2. The lowest BCUT2D eigenvalue weighted by molar-refractivity contribution is -0.139. The van der Waals surface area contributed by atoms with E-state index in [1.54, 1.807) is 12.5 Å². The fourth-order valence-electron chi connectivity index (χ4n) is 1.50. The summed E-state index contributed by atoms with van der Waals surface area (Å²) < 4.78 is 4.91. The molecule has 0 aliphatic rings. The second-order valence-corrected chi connectivity index (χ2v) is 4.93. The van der Waals surface area contributed by atoms with Crippen LogP contribution in [0.2, 0.25) is 0 Å². The summed E-state index contributed by atoms with van der Waals surface area (Å²) in [5, 5.41) is 7.05. The van der Waals surface area contributed by atoms with E-state index in [4.69, 9.17) is 4.42 Å². The first-order valence-electron chi connectivity index (χ1n) is 5.85. The van der Waals surface area contributed by atoms with Crippen LogP contribution >= 0.6 is 11.3 Å². The Kier molecular flexibility index (Phi) is 4.74. The number of nitrogens with one attached hydrogen (secondary N) is 2. The van der Waals surface area contributed by atoms with Gasteiger partial charge in [0, 0.05) is 11.4 Å². The quantitative estimate of drug-likeness (QED) is 0.810. The van der Waals surface area contributed by atoms with Crippen LogP contribution in [0, 0.1) is 0 Å². The van der Waals surface area contributed by atoms with Crippen molar-refractivity contribution >= 4 is 23.2 Å². The van der Waals surface area contributed by atoms with Crippen LogP contribution in [0.15, 0.2) is 40.5 Å². The normalized spacial score (nSPS) is 10.1. The monoisotopic (exact) mass is 278 g/mol. The van der Waals surface area contributed by atoms with Gasteiger partial charge in [-0.3, -0.25) is 9.59 Å². The second kappa shape index (κ2) is 6.75. The van der Waals surface area contributed by atoms with Crippen molar-refractivity contribution in [1.82, 2.24) is 10.6 Å². The number of amides is 2. The Labute approximate surface area is 114 Å².